The first-order valence-electron chi connectivity index (χ1n) is 9.71. The Morgan fingerprint density at radius 1 is 1.18 bits per heavy atom. The van der Waals surface area contributed by atoms with E-state index < -0.39 is 17.7 Å². The second-order valence-corrected chi connectivity index (χ2v) is 9.10. The first-order valence-corrected chi connectivity index (χ1v) is 10.9. The van der Waals surface area contributed by atoms with Crippen LogP contribution in [-0.4, -0.2) is 17.8 Å². The molecule has 2 N–H and O–H groups in total. The summed E-state index contributed by atoms with van der Waals surface area (Å²) in [4.78, 5) is 2.19. The first-order chi connectivity index (χ1) is 13.4. The number of hydrogen-bond acceptors (Lipinski definition) is 3. The van der Waals surface area contributed by atoms with Crippen molar-refractivity contribution in [2.24, 2.45) is 0 Å². The summed E-state index contributed by atoms with van der Waals surface area (Å²) >= 11 is 7.70. The molecule has 1 fully saturated rings. The van der Waals surface area contributed by atoms with Crippen LogP contribution in [0.25, 0.3) is 5.03 Å². The monoisotopic (exact) mass is 425 g/mol. The molecular weight excluding hydrogens is 400 g/mol. The summed E-state index contributed by atoms with van der Waals surface area (Å²) in [6.45, 7) is 4.25. The molecule has 2 aromatic rings. The molecule has 0 aliphatic heterocycles. The summed E-state index contributed by atoms with van der Waals surface area (Å²) in [7, 11) is 0. The van der Waals surface area contributed by atoms with Crippen molar-refractivity contribution in [3.8, 4) is 0 Å². The van der Waals surface area contributed by atoms with Crippen molar-refractivity contribution in [1.82, 2.24) is 5.32 Å². The Balaban J connectivity index is 1.62. The third kappa shape index (κ3) is 5.41. The summed E-state index contributed by atoms with van der Waals surface area (Å²) in [6, 6.07) is 7.60. The minimum atomic E-state index is -0.590. The van der Waals surface area contributed by atoms with Gasteiger partial charge in [-0.25, -0.2) is 8.78 Å². The van der Waals surface area contributed by atoms with Crippen LogP contribution in [0, 0.1) is 11.6 Å². The molecule has 28 heavy (non-hydrogen) atoms. The topological polar surface area (TPSA) is 32.3 Å². The molecule has 1 heterocycles. The quantitative estimate of drug-likeness (QED) is 0.545. The molecular formula is C22H26ClF2NOS. The average molecular weight is 426 g/mol. The van der Waals surface area contributed by atoms with Crippen LogP contribution in [0.4, 0.5) is 8.78 Å². The van der Waals surface area contributed by atoms with E-state index in [0.717, 1.165) is 36.6 Å². The normalized spacial score (nSPS) is 17.4. The fourth-order valence-corrected chi connectivity index (χ4v) is 5.18. The molecule has 1 aliphatic carbocycles. The lowest BCUT2D eigenvalue weighted by molar-refractivity contribution is 0.133. The Morgan fingerprint density at radius 2 is 1.86 bits per heavy atom. The van der Waals surface area contributed by atoms with Gasteiger partial charge in [0, 0.05) is 22.4 Å². The maximum absolute atomic E-state index is 13.3. The lowest BCUT2D eigenvalue weighted by atomic mass is 9.80. The Bertz CT molecular complexity index is 796. The van der Waals surface area contributed by atoms with Gasteiger partial charge >= 0.3 is 0 Å². The molecule has 1 atom stereocenters. The molecule has 152 valence electrons. The Hall–Kier alpha value is -1.27. The van der Waals surface area contributed by atoms with Gasteiger partial charge in [0.25, 0.3) is 0 Å². The van der Waals surface area contributed by atoms with Crippen LogP contribution in [0.2, 0.25) is 0 Å². The van der Waals surface area contributed by atoms with Gasteiger partial charge in [0.2, 0.25) is 0 Å². The number of aliphatic hydroxyl groups excluding tert-OH is 1. The second kappa shape index (κ2) is 9.49. The van der Waals surface area contributed by atoms with E-state index in [1.54, 1.807) is 11.3 Å². The van der Waals surface area contributed by atoms with Crippen LogP contribution in [0.5, 0.6) is 0 Å². The summed E-state index contributed by atoms with van der Waals surface area (Å²) in [6.07, 6.45) is 5.82. The van der Waals surface area contributed by atoms with Crippen LogP contribution in [0.1, 0.15) is 53.8 Å². The lowest BCUT2D eigenvalue weighted by Crippen LogP contribution is -2.46. The van der Waals surface area contributed by atoms with Crippen molar-refractivity contribution >= 4 is 28.0 Å². The van der Waals surface area contributed by atoms with Gasteiger partial charge in [-0.15, -0.1) is 11.3 Å². The molecule has 0 spiro atoms. The number of aryl methyl sites for hydroxylation is 1. The molecule has 0 unspecified atom stereocenters. The van der Waals surface area contributed by atoms with Crippen molar-refractivity contribution in [2.45, 2.75) is 56.6 Å². The van der Waals surface area contributed by atoms with Crippen LogP contribution in [0.3, 0.4) is 0 Å². The van der Waals surface area contributed by atoms with Crippen molar-refractivity contribution < 1.29 is 13.9 Å². The minimum absolute atomic E-state index is 0.153. The number of nitrogens with one attached hydrogen (secondary N) is 1. The zero-order valence-electron chi connectivity index (χ0n) is 15.8. The smallest absolute Gasteiger partial charge is 0.126 e. The predicted molar refractivity (Wildman–Crippen MR) is 113 cm³/mol. The van der Waals surface area contributed by atoms with Crippen LogP contribution >= 0.6 is 22.9 Å². The zero-order valence-corrected chi connectivity index (χ0v) is 17.4. The highest BCUT2D eigenvalue weighted by atomic mass is 35.5. The molecule has 1 saturated carbocycles. The summed E-state index contributed by atoms with van der Waals surface area (Å²) in [5, 5.41) is 14.6. The number of halogens is 3. The van der Waals surface area contributed by atoms with Gasteiger partial charge in [0.15, 0.2) is 0 Å². The zero-order chi connectivity index (χ0) is 20.1. The van der Waals surface area contributed by atoms with Gasteiger partial charge in [-0.2, -0.15) is 0 Å². The largest absolute Gasteiger partial charge is 0.392 e. The Labute approximate surface area is 174 Å². The molecule has 3 rings (SSSR count). The molecule has 6 heteroatoms. The van der Waals surface area contributed by atoms with E-state index >= 15 is 0 Å². The molecule has 1 aliphatic rings. The van der Waals surface area contributed by atoms with E-state index in [-0.39, 0.29) is 5.54 Å². The van der Waals surface area contributed by atoms with E-state index in [0.29, 0.717) is 30.0 Å². The molecule has 1 aromatic heterocycles. The highest BCUT2D eigenvalue weighted by Crippen LogP contribution is 2.41. The van der Waals surface area contributed by atoms with Crippen LogP contribution < -0.4 is 5.32 Å². The minimum Gasteiger partial charge on any atom is -0.392 e. The number of thiophene rings is 1. The van der Waals surface area contributed by atoms with Crippen LogP contribution in [0.15, 0.2) is 36.9 Å². The van der Waals surface area contributed by atoms with E-state index in [1.165, 1.54) is 23.4 Å². The van der Waals surface area contributed by atoms with Crippen molar-refractivity contribution in [1.29, 1.82) is 0 Å². The van der Waals surface area contributed by atoms with E-state index in [2.05, 4.69) is 18.0 Å². The maximum Gasteiger partial charge on any atom is 0.126 e. The number of benzene rings is 1. The summed E-state index contributed by atoms with van der Waals surface area (Å²) in [5.74, 6) is -1.17. The third-order valence-electron chi connectivity index (χ3n) is 5.42. The standard InChI is InChI=1S/C22H26ClF2NOS/c1-15(23)20-7-8-21(28-20)22(9-3-2-4-10-22)26-14-19(27)6-5-16-11-17(24)13-18(25)12-16/h7-8,11-13,19,26-27H,1-6,9-10,14H2/t19-/m0/s1. The third-order valence-corrected chi connectivity index (χ3v) is 7.08. The fourth-order valence-electron chi connectivity index (χ4n) is 3.91. The molecule has 0 radical (unpaired) electrons. The second-order valence-electron chi connectivity index (χ2n) is 7.56. The first kappa shape index (κ1) is 21.4. The van der Waals surface area contributed by atoms with E-state index in [1.807, 2.05) is 6.07 Å². The van der Waals surface area contributed by atoms with E-state index in [9.17, 15) is 13.9 Å². The number of hydrogen-bond donors (Lipinski definition) is 2. The van der Waals surface area contributed by atoms with Gasteiger partial charge in [-0.3, -0.25) is 0 Å². The molecule has 2 nitrogen and oxygen atoms in total. The van der Waals surface area contributed by atoms with Gasteiger partial charge in [0.05, 0.1) is 16.7 Å². The fraction of sp³-hybridized carbons (Fsp3) is 0.455. The number of aliphatic hydroxyl groups is 1. The molecule has 0 bridgehead atoms. The highest BCUT2D eigenvalue weighted by molar-refractivity contribution is 7.14. The predicted octanol–water partition coefficient (Wildman–Crippen LogP) is 5.98. The van der Waals surface area contributed by atoms with Gasteiger partial charge < -0.3 is 10.4 Å². The van der Waals surface area contributed by atoms with Crippen molar-refractivity contribution in [3.63, 3.8) is 0 Å². The van der Waals surface area contributed by atoms with E-state index in [4.69, 9.17) is 11.6 Å². The summed E-state index contributed by atoms with van der Waals surface area (Å²) < 4.78 is 26.6. The van der Waals surface area contributed by atoms with Crippen LogP contribution in [-0.2, 0) is 12.0 Å². The van der Waals surface area contributed by atoms with Gasteiger partial charge in [0.1, 0.15) is 11.6 Å². The highest BCUT2D eigenvalue weighted by Gasteiger charge is 2.35. The summed E-state index contributed by atoms with van der Waals surface area (Å²) in [5.41, 5.74) is 0.409. The molecule has 0 amide bonds. The number of rotatable bonds is 8. The van der Waals surface area contributed by atoms with Gasteiger partial charge in [-0.1, -0.05) is 37.4 Å². The SMILES string of the molecule is C=C(Cl)c1ccc(C2(NC[C@@H](O)CCc3cc(F)cc(F)c3)CCCCC2)s1. The molecule has 1 aromatic carbocycles. The Morgan fingerprint density at radius 3 is 2.46 bits per heavy atom. The maximum atomic E-state index is 13.3. The van der Waals surface area contributed by atoms with Gasteiger partial charge in [-0.05, 0) is 55.5 Å². The average Bonchev–Trinajstić information content (AvgIpc) is 3.16. The molecule has 0 saturated heterocycles. The van der Waals surface area contributed by atoms with Crippen molar-refractivity contribution in [2.75, 3.05) is 6.54 Å². The lowest BCUT2D eigenvalue weighted by Gasteiger charge is -2.38. The Kier molecular flexibility index (Phi) is 7.26. The van der Waals surface area contributed by atoms with Crippen molar-refractivity contribution in [3.05, 3.63) is 63.9 Å².